The summed E-state index contributed by atoms with van der Waals surface area (Å²) in [5.74, 6) is 1.74. The molecule has 0 aromatic heterocycles. The predicted molar refractivity (Wildman–Crippen MR) is 65.4 cm³/mol. The van der Waals surface area contributed by atoms with Crippen molar-refractivity contribution >= 4 is 19.5 Å². The van der Waals surface area contributed by atoms with Crippen molar-refractivity contribution in [1.82, 2.24) is 0 Å². The van der Waals surface area contributed by atoms with Gasteiger partial charge in [0.25, 0.3) is 0 Å². The van der Waals surface area contributed by atoms with Crippen LogP contribution in [0.25, 0.3) is 0 Å². The number of hydrogen-bond donors (Lipinski definition) is 0. The van der Waals surface area contributed by atoms with Gasteiger partial charge >= 0.3 is 36.4 Å². The van der Waals surface area contributed by atoms with Crippen LogP contribution in [-0.2, 0) is 0 Å². The molecule has 0 heterocycles. The molecule has 2 rings (SSSR count). The Morgan fingerprint density at radius 2 is 0.800 bits per heavy atom. The van der Waals surface area contributed by atoms with Gasteiger partial charge in [0, 0.05) is 0 Å². The normalized spacial score (nSPS) is 14.3. The summed E-state index contributed by atoms with van der Waals surface area (Å²) in [5, 5.41) is 0. The van der Waals surface area contributed by atoms with Gasteiger partial charge in [0.2, 0.25) is 0 Å². The molecule has 112 valence electrons. The summed E-state index contributed by atoms with van der Waals surface area (Å²) in [6.45, 7) is 0. The first-order valence-electron chi connectivity index (χ1n) is 5.24. The van der Waals surface area contributed by atoms with E-state index in [0.29, 0.717) is 0 Å². The zero-order chi connectivity index (χ0) is 15.3. The van der Waals surface area contributed by atoms with Crippen LogP contribution in [0.3, 0.4) is 0 Å². The van der Waals surface area contributed by atoms with E-state index in [-0.39, 0.29) is 0 Å². The van der Waals surface area contributed by atoms with Gasteiger partial charge in [-0.25, -0.2) is 0 Å². The van der Waals surface area contributed by atoms with Gasteiger partial charge in [0.05, 0.1) is 0 Å². The van der Waals surface area contributed by atoms with E-state index in [9.17, 15) is 16.9 Å². The Bertz CT molecular complexity index is 489. The molecule has 8 heteroatoms. The third kappa shape index (κ3) is 11.7. The number of hydrogen-bond acceptors (Lipinski definition) is 1. The zero-order valence-electron chi connectivity index (χ0n) is 9.90. The molecule has 0 amide bonds. The Labute approximate surface area is 113 Å². The molecule has 0 bridgehead atoms. The molecule has 0 unspecified atom stereocenters. The third-order valence-corrected chi connectivity index (χ3v) is 1.72. The van der Waals surface area contributed by atoms with Crippen LogP contribution >= 0.6 is 0 Å². The topological polar surface area (TPSA) is 9.23 Å². The predicted octanol–water partition coefficient (Wildman–Crippen LogP) is 5.62. The van der Waals surface area contributed by atoms with Gasteiger partial charge < -0.3 is 4.74 Å². The summed E-state index contributed by atoms with van der Waals surface area (Å²) in [5.41, 5.74) is 0. The molecule has 0 aliphatic carbocycles. The Morgan fingerprint density at radius 3 is 1.05 bits per heavy atom. The van der Waals surface area contributed by atoms with E-state index in [1.807, 2.05) is 60.7 Å². The van der Waals surface area contributed by atoms with Crippen LogP contribution in [0, 0.1) is 0 Å². The van der Waals surface area contributed by atoms with Crippen LogP contribution < -0.4 is 4.74 Å². The van der Waals surface area contributed by atoms with Crippen molar-refractivity contribution in [3.8, 4) is 11.5 Å². The second kappa shape index (κ2) is 5.20. The first kappa shape index (κ1) is 16.7. The quantitative estimate of drug-likeness (QED) is 0.465. The fourth-order valence-electron chi connectivity index (χ4n) is 1.11. The molecule has 0 N–H and O–H groups in total. The van der Waals surface area contributed by atoms with Gasteiger partial charge in [0.1, 0.15) is 11.5 Å². The summed E-state index contributed by atoms with van der Waals surface area (Å²) in [6.07, 6.45) is 0. The largest absolute Gasteiger partial charge is 0.457 e. The van der Waals surface area contributed by atoms with Crippen LogP contribution in [0.2, 0.25) is 0 Å². The van der Waals surface area contributed by atoms with Crippen molar-refractivity contribution in [1.29, 1.82) is 0 Å². The van der Waals surface area contributed by atoms with E-state index < -0.39 is 19.5 Å². The summed E-state index contributed by atoms with van der Waals surface area (Å²) >= 11 is -11.2. The van der Waals surface area contributed by atoms with Gasteiger partial charge in [-0.2, -0.15) is 0 Å². The maximum atomic E-state index is 9.93. The SMILES string of the molecule is [F][Sb-]([F])([F])([F])([F])[F].c1ccc(Oc2ccccc2)cc1. The van der Waals surface area contributed by atoms with E-state index in [1.54, 1.807) is 0 Å². The van der Waals surface area contributed by atoms with Crippen molar-refractivity contribution in [2.45, 2.75) is 0 Å². The first-order valence-corrected chi connectivity index (χ1v) is 11.0. The fourth-order valence-corrected chi connectivity index (χ4v) is 1.11. The number of para-hydroxylation sites is 2. The van der Waals surface area contributed by atoms with Gasteiger partial charge in [-0.15, -0.1) is 0 Å². The number of rotatable bonds is 2. The average molecular weight is 406 g/mol. The van der Waals surface area contributed by atoms with E-state index in [2.05, 4.69) is 0 Å². The van der Waals surface area contributed by atoms with Gasteiger partial charge in [-0.3, -0.25) is 0 Å². The van der Waals surface area contributed by atoms with E-state index in [4.69, 9.17) is 4.74 Å². The minimum Gasteiger partial charge on any atom is -0.457 e. The summed E-state index contributed by atoms with van der Waals surface area (Å²) in [4.78, 5) is 0. The van der Waals surface area contributed by atoms with Gasteiger partial charge in [-0.05, 0) is 24.3 Å². The Kier molecular flexibility index (Phi) is 4.34. The third-order valence-electron chi connectivity index (χ3n) is 1.72. The standard InChI is InChI=1S/C12H10O.6FH.Sb/c1-3-7-11(8-4-1)13-12-9-5-2-6-10-12;;;;;;;/h1-10H;6*1H;/q;;;;;;;+5/p-6. The average Bonchev–Trinajstić information content (AvgIpc) is 2.27. The minimum absolute atomic E-state index is 0.869. The molecule has 0 aliphatic heterocycles. The van der Waals surface area contributed by atoms with E-state index >= 15 is 0 Å². The van der Waals surface area contributed by atoms with Crippen molar-refractivity contribution < 1.29 is 21.6 Å². The van der Waals surface area contributed by atoms with E-state index in [0.717, 1.165) is 11.5 Å². The molecular formula is C12H10F6OSb-. The molecule has 0 aliphatic rings. The molecule has 2 aromatic carbocycles. The van der Waals surface area contributed by atoms with Crippen molar-refractivity contribution in [3.63, 3.8) is 0 Å². The Morgan fingerprint density at radius 1 is 0.550 bits per heavy atom. The molecule has 0 radical (unpaired) electrons. The summed E-state index contributed by atoms with van der Waals surface area (Å²) < 4.78 is 65.1. The van der Waals surface area contributed by atoms with Crippen LogP contribution in [0.15, 0.2) is 60.7 Å². The second-order valence-electron chi connectivity index (χ2n) is 3.69. The number of ether oxygens (including phenoxy) is 1. The minimum atomic E-state index is -11.2. The summed E-state index contributed by atoms with van der Waals surface area (Å²) in [7, 11) is 0. The van der Waals surface area contributed by atoms with Crippen LogP contribution in [0.1, 0.15) is 0 Å². The number of benzene rings is 2. The zero-order valence-corrected chi connectivity index (χ0v) is 12.4. The summed E-state index contributed by atoms with van der Waals surface area (Å²) in [6, 6.07) is 19.5. The maximum absolute atomic E-state index is 11.2. The molecule has 0 saturated heterocycles. The van der Waals surface area contributed by atoms with Gasteiger partial charge in [0.15, 0.2) is 0 Å². The first-order chi connectivity index (χ1) is 8.90. The Hall–Kier alpha value is -1.36. The van der Waals surface area contributed by atoms with Crippen LogP contribution in [0.4, 0.5) is 16.9 Å². The van der Waals surface area contributed by atoms with Crippen LogP contribution in [0.5, 0.6) is 11.5 Å². The van der Waals surface area contributed by atoms with Crippen molar-refractivity contribution in [3.05, 3.63) is 60.7 Å². The fraction of sp³-hybridized carbons (Fsp3) is 0. The molecular weight excluding hydrogens is 396 g/mol. The van der Waals surface area contributed by atoms with Crippen molar-refractivity contribution in [2.24, 2.45) is 0 Å². The van der Waals surface area contributed by atoms with Gasteiger partial charge in [-0.1, -0.05) is 36.4 Å². The Balaban J connectivity index is 0.000000246. The van der Waals surface area contributed by atoms with Crippen molar-refractivity contribution in [2.75, 3.05) is 0 Å². The smallest absolute Gasteiger partial charge is 0.127 e. The van der Waals surface area contributed by atoms with Crippen LogP contribution in [-0.4, -0.2) is 19.5 Å². The number of halogens is 6. The molecule has 0 spiro atoms. The molecule has 0 saturated carbocycles. The second-order valence-corrected chi connectivity index (χ2v) is 9.16. The molecule has 2 aromatic rings. The molecule has 20 heavy (non-hydrogen) atoms. The van der Waals surface area contributed by atoms with E-state index in [1.165, 1.54) is 0 Å². The molecule has 0 fully saturated rings. The molecule has 0 atom stereocenters. The maximum Gasteiger partial charge on any atom is 0.127 e. The molecule has 1 nitrogen and oxygen atoms in total. The monoisotopic (exact) mass is 405 g/mol.